The highest BCUT2D eigenvalue weighted by atomic mass is 79.9. The molecule has 0 aliphatic rings. The largest absolute Gasteiger partial charge is 0.456 e. The van der Waals surface area contributed by atoms with Crippen LogP contribution in [0.5, 0.6) is 11.5 Å². The molecule has 3 nitrogen and oxygen atoms in total. The number of nitrogens with zero attached hydrogens (tertiary/aromatic N) is 1. The smallest absolute Gasteiger partial charge is 0.145 e. The van der Waals surface area contributed by atoms with Crippen LogP contribution >= 0.6 is 15.9 Å². The molecule has 0 aliphatic heterocycles. The van der Waals surface area contributed by atoms with E-state index in [0.29, 0.717) is 27.2 Å². The molecule has 0 heterocycles. The summed E-state index contributed by atoms with van der Waals surface area (Å²) in [6.07, 6.45) is 0. The molecule has 0 unspecified atom stereocenters. The summed E-state index contributed by atoms with van der Waals surface area (Å²) in [6, 6.07) is 10.8. The average molecular weight is 307 g/mol. The molecular formula is C13H8BrFN2O. The van der Waals surface area contributed by atoms with E-state index in [1.54, 1.807) is 18.2 Å². The van der Waals surface area contributed by atoms with Gasteiger partial charge in [-0.2, -0.15) is 5.26 Å². The molecule has 0 aromatic heterocycles. The van der Waals surface area contributed by atoms with Gasteiger partial charge in [0, 0.05) is 16.2 Å². The fourth-order valence-electron chi connectivity index (χ4n) is 1.44. The number of ether oxygens (including phenoxy) is 1. The van der Waals surface area contributed by atoms with Crippen molar-refractivity contribution in [2.45, 2.75) is 0 Å². The second-order valence-electron chi connectivity index (χ2n) is 3.57. The molecule has 0 atom stereocenters. The number of anilines is 1. The quantitative estimate of drug-likeness (QED) is 0.858. The van der Waals surface area contributed by atoms with Crippen LogP contribution in [0.15, 0.2) is 40.9 Å². The molecule has 2 rings (SSSR count). The summed E-state index contributed by atoms with van der Waals surface area (Å²) in [5, 5.41) is 8.96. The zero-order chi connectivity index (χ0) is 13.1. The maximum atomic E-state index is 13.2. The Balaban J connectivity index is 2.37. The van der Waals surface area contributed by atoms with Crippen molar-refractivity contribution in [3.05, 3.63) is 52.3 Å². The Kier molecular flexibility index (Phi) is 3.49. The molecule has 2 N–H and O–H groups in total. The van der Waals surface area contributed by atoms with Gasteiger partial charge in [0.1, 0.15) is 23.4 Å². The zero-order valence-corrected chi connectivity index (χ0v) is 10.7. The highest BCUT2D eigenvalue weighted by molar-refractivity contribution is 9.10. The summed E-state index contributed by atoms with van der Waals surface area (Å²) in [7, 11) is 0. The van der Waals surface area contributed by atoms with Gasteiger partial charge in [-0.15, -0.1) is 0 Å². The molecule has 0 saturated carbocycles. The lowest BCUT2D eigenvalue weighted by atomic mass is 10.2. The summed E-state index contributed by atoms with van der Waals surface area (Å²) in [5.41, 5.74) is 6.34. The van der Waals surface area contributed by atoms with Crippen molar-refractivity contribution in [2.24, 2.45) is 0 Å². The van der Waals surface area contributed by atoms with Crippen LogP contribution in [-0.4, -0.2) is 0 Å². The van der Waals surface area contributed by atoms with Gasteiger partial charge in [0.2, 0.25) is 0 Å². The lowest BCUT2D eigenvalue weighted by Crippen LogP contribution is -1.92. The average Bonchev–Trinajstić information content (AvgIpc) is 2.30. The molecule has 2 aromatic rings. The third-order valence-corrected chi connectivity index (χ3v) is 2.65. The van der Waals surface area contributed by atoms with Gasteiger partial charge in [0.15, 0.2) is 0 Å². The molecule has 2 aromatic carbocycles. The summed E-state index contributed by atoms with van der Waals surface area (Å²) in [4.78, 5) is 0. The fraction of sp³-hybridized carbons (Fsp3) is 0. The van der Waals surface area contributed by atoms with E-state index < -0.39 is 5.82 Å². The SMILES string of the molecule is N#Cc1cc(N)ccc1Oc1cc(F)cc(Br)c1. The van der Waals surface area contributed by atoms with Crippen molar-refractivity contribution in [1.82, 2.24) is 0 Å². The molecule has 90 valence electrons. The first-order valence-corrected chi connectivity index (χ1v) is 5.81. The van der Waals surface area contributed by atoms with E-state index in [1.165, 1.54) is 18.2 Å². The molecule has 5 heteroatoms. The highest BCUT2D eigenvalue weighted by Crippen LogP contribution is 2.29. The molecule has 0 bridgehead atoms. The minimum absolute atomic E-state index is 0.301. The second kappa shape index (κ2) is 5.07. The van der Waals surface area contributed by atoms with E-state index in [-0.39, 0.29) is 0 Å². The molecule has 0 radical (unpaired) electrons. The Labute approximate surface area is 112 Å². The predicted octanol–water partition coefficient (Wildman–Crippen LogP) is 3.83. The fourth-order valence-corrected chi connectivity index (χ4v) is 1.88. The van der Waals surface area contributed by atoms with Gasteiger partial charge in [-0.25, -0.2) is 4.39 Å². The van der Waals surface area contributed by atoms with Crippen LogP contribution < -0.4 is 10.5 Å². The van der Waals surface area contributed by atoms with Crippen LogP contribution in [0.2, 0.25) is 0 Å². The van der Waals surface area contributed by atoms with Gasteiger partial charge in [-0.3, -0.25) is 0 Å². The van der Waals surface area contributed by atoms with Crippen LogP contribution in [0.1, 0.15) is 5.56 Å². The summed E-state index contributed by atoms with van der Waals surface area (Å²) >= 11 is 3.17. The number of nitrogens with two attached hydrogens (primary N) is 1. The topological polar surface area (TPSA) is 59.0 Å². The Morgan fingerprint density at radius 3 is 2.67 bits per heavy atom. The first-order valence-electron chi connectivity index (χ1n) is 5.02. The van der Waals surface area contributed by atoms with Crippen molar-refractivity contribution in [1.29, 1.82) is 5.26 Å². The number of nitriles is 1. The Bertz CT molecular complexity index is 617. The number of halogens is 2. The van der Waals surface area contributed by atoms with E-state index in [9.17, 15) is 4.39 Å². The van der Waals surface area contributed by atoms with E-state index in [0.717, 1.165) is 0 Å². The van der Waals surface area contributed by atoms with Crippen LogP contribution in [0.3, 0.4) is 0 Å². The maximum absolute atomic E-state index is 13.2. The maximum Gasteiger partial charge on any atom is 0.145 e. The highest BCUT2D eigenvalue weighted by Gasteiger charge is 2.07. The zero-order valence-electron chi connectivity index (χ0n) is 9.15. The number of rotatable bonds is 2. The summed E-state index contributed by atoms with van der Waals surface area (Å²) in [6.45, 7) is 0. The van der Waals surface area contributed by atoms with Gasteiger partial charge in [-0.05, 0) is 30.3 Å². The first kappa shape index (κ1) is 12.4. The molecule has 0 spiro atoms. The molecule has 0 amide bonds. The molecule has 0 fully saturated rings. The van der Waals surface area contributed by atoms with Crippen molar-refractivity contribution in [2.75, 3.05) is 5.73 Å². The minimum Gasteiger partial charge on any atom is -0.456 e. The van der Waals surface area contributed by atoms with Gasteiger partial charge < -0.3 is 10.5 Å². The van der Waals surface area contributed by atoms with Crippen molar-refractivity contribution < 1.29 is 9.13 Å². The predicted molar refractivity (Wildman–Crippen MR) is 69.7 cm³/mol. The number of hydrogen-bond acceptors (Lipinski definition) is 3. The first-order chi connectivity index (χ1) is 8.58. The van der Waals surface area contributed by atoms with Crippen LogP contribution in [0, 0.1) is 17.1 Å². The third kappa shape index (κ3) is 2.79. The van der Waals surface area contributed by atoms with E-state index in [4.69, 9.17) is 15.7 Å². The molecule has 0 aliphatic carbocycles. The number of hydrogen-bond donors (Lipinski definition) is 1. The van der Waals surface area contributed by atoms with E-state index in [2.05, 4.69) is 15.9 Å². The Hall–Kier alpha value is -2.06. The Morgan fingerprint density at radius 2 is 2.00 bits per heavy atom. The Morgan fingerprint density at radius 1 is 1.22 bits per heavy atom. The summed E-state index contributed by atoms with van der Waals surface area (Å²) in [5.74, 6) is 0.223. The van der Waals surface area contributed by atoms with Crippen LogP contribution in [0.25, 0.3) is 0 Å². The van der Waals surface area contributed by atoms with Crippen LogP contribution in [0.4, 0.5) is 10.1 Å². The standard InChI is InChI=1S/C13H8BrFN2O/c14-9-4-10(15)6-12(5-9)18-13-2-1-11(17)3-8(13)7-16/h1-6H,17H2. The van der Waals surface area contributed by atoms with Gasteiger partial charge in [-0.1, -0.05) is 15.9 Å². The van der Waals surface area contributed by atoms with Crippen molar-refractivity contribution in [3.63, 3.8) is 0 Å². The van der Waals surface area contributed by atoms with Gasteiger partial charge in [0.05, 0.1) is 5.56 Å². The van der Waals surface area contributed by atoms with Gasteiger partial charge in [0.25, 0.3) is 0 Å². The van der Waals surface area contributed by atoms with Gasteiger partial charge >= 0.3 is 0 Å². The lowest BCUT2D eigenvalue weighted by Gasteiger charge is -2.08. The third-order valence-electron chi connectivity index (χ3n) is 2.19. The minimum atomic E-state index is -0.423. The van der Waals surface area contributed by atoms with Crippen molar-refractivity contribution in [3.8, 4) is 17.6 Å². The summed E-state index contributed by atoms with van der Waals surface area (Å²) < 4.78 is 19.2. The number of nitrogen functional groups attached to an aromatic ring is 1. The monoisotopic (exact) mass is 306 g/mol. The molecule has 0 saturated heterocycles. The normalized spacial score (nSPS) is 9.83. The second-order valence-corrected chi connectivity index (χ2v) is 4.49. The number of benzene rings is 2. The van der Waals surface area contributed by atoms with Crippen molar-refractivity contribution >= 4 is 21.6 Å². The molecular weight excluding hydrogens is 299 g/mol. The van der Waals surface area contributed by atoms with E-state index >= 15 is 0 Å². The van der Waals surface area contributed by atoms with Crippen LogP contribution in [-0.2, 0) is 0 Å². The molecule has 18 heavy (non-hydrogen) atoms. The lowest BCUT2D eigenvalue weighted by molar-refractivity contribution is 0.475. The van der Waals surface area contributed by atoms with E-state index in [1.807, 2.05) is 6.07 Å².